The van der Waals surface area contributed by atoms with E-state index in [2.05, 4.69) is 19.2 Å². The third kappa shape index (κ3) is 4.41. The molecule has 7 heteroatoms. The van der Waals surface area contributed by atoms with Gasteiger partial charge in [-0.25, -0.2) is 8.42 Å². The van der Waals surface area contributed by atoms with Crippen molar-refractivity contribution in [3.63, 3.8) is 0 Å². The van der Waals surface area contributed by atoms with Crippen LogP contribution >= 0.6 is 0 Å². The van der Waals surface area contributed by atoms with Crippen molar-refractivity contribution in [2.24, 2.45) is 11.8 Å². The molecule has 2 aromatic rings. The molecule has 1 heterocycles. The number of hydrogen-bond donors (Lipinski definition) is 1. The molecule has 0 radical (unpaired) electrons. The molecule has 1 amide bonds. The molecule has 2 unspecified atom stereocenters. The van der Waals surface area contributed by atoms with Crippen LogP contribution < -0.4 is 5.32 Å². The van der Waals surface area contributed by atoms with E-state index in [1.165, 1.54) is 16.4 Å². The van der Waals surface area contributed by atoms with E-state index in [1.807, 2.05) is 6.07 Å². The first-order valence-corrected chi connectivity index (χ1v) is 10.7. The number of anilines is 1. The zero-order valence-corrected chi connectivity index (χ0v) is 16.7. The molecule has 2 aromatic carbocycles. The number of amides is 1. The SMILES string of the molecule is CC1CC(C)CN(S(=O)(=O)c2cccc(C(=O)Nc3ccc(C#N)cc3)c2)C1. The van der Waals surface area contributed by atoms with E-state index in [-0.39, 0.29) is 10.5 Å². The van der Waals surface area contributed by atoms with Crippen molar-refractivity contribution in [2.75, 3.05) is 18.4 Å². The van der Waals surface area contributed by atoms with Gasteiger partial charge in [0.15, 0.2) is 0 Å². The minimum atomic E-state index is -3.65. The van der Waals surface area contributed by atoms with Gasteiger partial charge >= 0.3 is 0 Å². The first kappa shape index (κ1) is 20.1. The van der Waals surface area contributed by atoms with Crippen molar-refractivity contribution in [3.8, 4) is 6.07 Å². The molecule has 1 aliphatic rings. The molecule has 1 N–H and O–H groups in total. The number of rotatable bonds is 4. The number of nitrogens with zero attached hydrogens (tertiary/aromatic N) is 2. The van der Waals surface area contributed by atoms with E-state index in [0.29, 0.717) is 36.2 Å². The highest BCUT2D eigenvalue weighted by Gasteiger charge is 2.31. The average molecular weight is 398 g/mol. The van der Waals surface area contributed by atoms with Gasteiger partial charge in [-0.15, -0.1) is 0 Å². The van der Waals surface area contributed by atoms with Crippen molar-refractivity contribution >= 4 is 21.6 Å². The minimum Gasteiger partial charge on any atom is -0.322 e. The van der Waals surface area contributed by atoms with E-state index in [4.69, 9.17) is 5.26 Å². The second kappa shape index (κ2) is 8.13. The lowest BCUT2D eigenvalue weighted by Crippen LogP contribution is -2.42. The van der Waals surface area contributed by atoms with Gasteiger partial charge in [-0.3, -0.25) is 4.79 Å². The van der Waals surface area contributed by atoms with Gasteiger partial charge < -0.3 is 5.32 Å². The summed E-state index contributed by atoms with van der Waals surface area (Å²) in [7, 11) is -3.65. The Morgan fingerprint density at radius 2 is 1.75 bits per heavy atom. The summed E-state index contributed by atoms with van der Waals surface area (Å²) in [5, 5.41) is 11.6. The third-order valence-corrected chi connectivity index (χ3v) is 6.67. The molecule has 0 bridgehead atoms. The van der Waals surface area contributed by atoms with E-state index >= 15 is 0 Å². The van der Waals surface area contributed by atoms with Gasteiger partial charge in [-0.1, -0.05) is 19.9 Å². The molecule has 0 spiro atoms. The lowest BCUT2D eigenvalue weighted by atomic mass is 9.94. The van der Waals surface area contributed by atoms with Crippen LogP contribution in [-0.2, 0) is 10.0 Å². The number of nitriles is 1. The Kier molecular flexibility index (Phi) is 5.82. The van der Waals surface area contributed by atoms with Gasteiger partial charge in [-0.2, -0.15) is 9.57 Å². The Morgan fingerprint density at radius 3 is 2.36 bits per heavy atom. The molecule has 6 nitrogen and oxygen atoms in total. The fourth-order valence-corrected chi connectivity index (χ4v) is 5.31. The molecule has 1 saturated heterocycles. The standard InChI is InChI=1S/C21H23N3O3S/c1-15-10-16(2)14-24(13-15)28(26,27)20-5-3-4-18(11-20)21(25)23-19-8-6-17(12-22)7-9-19/h3-9,11,15-16H,10,13-14H2,1-2H3,(H,23,25). The number of carbonyl (C=O) groups is 1. The van der Waals surface area contributed by atoms with E-state index in [1.54, 1.807) is 36.4 Å². The second-order valence-corrected chi connectivity index (χ2v) is 9.38. The van der Waals surface area contributed by atoms with Crippen molar-refractivity contribution in [2.45, 2.75) is 25.2 Å². The zero-order valence-electron chi connectivity index (χ0n) is 15.9. The minimum absolute atomic E-state index is 0.126. The zero-order chi connectivity index (χ0) is 20.3. The summed E-state index contributed by atoms with van der Waals surface area (Å²) in [4.78, 5) is 12.7. The molecular weight excluding hydrogens is 374 g/mol. The third-order valence-electron chi connectivity index (χ3n) is 4.84. The highest BCUT2D eigenvalue weighted by atomic mass is 32.2. The highest BCUT2D eigenvalue weighted by Crippen LogP contribution is 2.27. The van der Waals surface area contributed by atoms with Crippen LogP contribution in [0.15, 0.2) is 53.4 Å². The molecule has 0 saturated carbocycles. The Morgan fingerprint density at radius 1 is 1.11 bits per heavy atom. The largest absolute Gasteiger partial charge is 0.322 e. The monoisotopic (exact) mass is 397 g/mol. The van der Waals surface area contributed by atoms with Gasteiger partial charge in [0, 0.05) is 24.3 Å². The van der Waals surface area contributed by atoms with Crippen molar-refractivity contribution in [3.05, 3.63) is 59.7 Å². The van der Waals surface area contributed by atoms with Crippen LogP contribution in [0.25, 0.3) is 0 Å². The first-order valence-electron chi connectivity index (χ1n) is 9.21. The fraction of sp³-hybridized carbons (Fsp3) is 0.333. The Hall–Kier alpha value is -2.69. The van der Waals surface area contributed by atoms with Crippen LogP contribution in [0.4, 0.5) is 5.69 Å². The van der Waals surface area contributed by atoms with Gasteiger partial charge in [0.2, 0.25) is 10.0 Å². The molecule has 1 fully saturated rings. The normalized spacial score (nSPS) is 20.3. The predicted octanol–water partition coefficient (Wildman–Crippen LogP) is 3.48. The number of benzene rings is 2. The summed E-state index contributed by atoms with van der Waals surface area (Å²) < 4.78 is 27.6. The van der Waals surface area contributed by atoms with Crippen LogP contribution in [0.3, 0.4) is 0 Å². The number of carbonyl (C=O) groups excluding carboxylic acids is 1. The second-order valence-electron chi connectivity index (χ2n) is 7.44. The van der Waals surface area contributed by atoms with Gasteiger partial charge in [0.05, 0.1) is 16.5 Å². The average Bonchev–Trinajstić information content (AvgIpc) is 2.68. The van der Waals surface area contributed by atoms with Crippen molar-refractivity contribution in [1.82, 2.24) is 4.31 Å². The highest BCUT2D eigenvalue weighted by molar-refractivity contribution is 7.89. The maximum absolute atomic E-state index is 13.0. The van der Waals surface area contributed by atoms with Crippen LogP contribution in [0.1, 0.15) is 36.2 Å². The Bertz CT molecular complexity index is 1000. The molecule has 0 aromatic heterocycles. The fourth-order valence-electron chi connectivity index (χ4n) is 3.58. The predicted molar refractivity (Wildman–Crippen MR) is 107 cm³/mol. The summed E-state index contributed by atoms with van der Waals surface area (Å²) in [6.45, 7) is 5.10. The molecule has 3 rings (SSSR count). The van der Waals surface area contributed by atoms with Crippen LogP contribution in [0.5, 0.6) is 0 Å². The van der Waals surface area contributed by atoms with Gasteiger partial charge in [-0.05, 0) is 60.7 Å². The van der Waals surface area contributed by atoms with Crippen molar-refractivity contribution in [1.29, 1.82) is 5.26 Å². The van der Waals surface area contributed by atoms with Crippen LogP contribution in [0.2, 0.25) is 0 Å². The van der Waals surface area contributed by atoms with E-state index < -0.39 is 15.9 Å². The molecule has 1 aliphatic heterocycles. The maximum atomic E-state index is 13.0. The quantitative estimate of drug-likeness (QED) is 0.855. The topological polar surface area (TPSA) is 90.3 Å². The molecule has 0 aliphatic carbocycles. The number of nitrogens with one attached hydrogen (secondary N) is 1. The first-order chi connectivity index (χ1) is 13.3. The molecule has 2 atom stereocenters. The summed E-state index contributed by atoms with van der Waals surface area (Å²) in [6.07, 6.45) is 1.01. The summed E-state index contributed by atoms with van der Waals surface area (Å²) in [5.41, 5.74) is 1.30. The number of sulfonamides is 1. The number of piperidine rings is 1. The van der Waals surface area contributed by atoms with E-state index in [0.717, 1.165) is 6.42 Å². The Balaban J connectivity index is 1.81. The van der Waals surface area contributed by atoms with Crippen LogP contribution in [-0.4, -0.2) is 31.7 Å². The van der Waals surface area contributed by atoms with Crippen molar-refractivity contribution < 1.29 is 13.2 Å². The summed E-state index contributed by atoms with van der Waals surface area (Å²) in [6, 6.07) is 14.6. The van der Waals surface area contributed by atoms with Gasteiger partial charge in [0.25, 0.3) is 5.91 Å². The molecular formula is C21H23N3O3S. The van der Waals surface area contributed by atoms with Gasteiger partial charge in [0.1, 0.15) is 0 Å². The lowest BCUT2D eigenvalue weighted by molar-refractivity contribution is 0.102. The van der Waals surface area contributed by atoms with Crippen LogP contribution in [0, 0.1) is 23.2 Å². The lowest BCUT2D eigenvalue weighted by Gasteiger charge is -2.34. The smallest absolute Gasteiger partial charge is 0.255 e. The summed E-state index contributed by atoms with van der Waals surface area (Å²) in [5.74, 6) is 0.213. The number of hydrogen-bond acceptors (Lipinski definition) is 4. The molecule has 146 valence electrons. The van der Waals surface area contributed by atoms with E-state index in [9.17, 15) is 13.2 Å². The Labute approximate surface area is 165 Å². The summed E-state index contributed by atoms with van der Waals surface area (Å²) >= 11 is 0. The molecule has 28 heavy (non-hydrogen) atoms. The maximum Gasteiger partial charge on any atom is 0.255 e.